The number of carbonyl (C=O) groups is 1. The van der Waals surface area contributed by atoms with Gasteiger partial charge in [-0.15, -0.1) is 0 Å². The van der Waals surface area contributed by atoms with Crippen LogP contribution in [-0.2, 0) is 13.2 Å². The van der Waals surface area contributed by atoms with Gasteiger partial charge in [0.15, 0.2) is 11.7 Å². The molecule has 1 aromatic carbocycles. The predicted molar refractivity (Wildman–Crippen MR) is 131 cm³/mol. The lowest BCUT2D eigenvalue weighted by molar-refractivity contribution is -0.145. The summed E-state index contributed by atoms with van der Waals surface area (Å²) in [6.45, 7) is 4.98. The molecule has 0 bridgehead atoms. The van der Waals surface area contributed by atoms with Crippen LogP contribution < -0.4 is 15.8 Å². The summed E-state index contributed by atoms with van der Waals surface area (Å²) in [7, 11) is 1.30. The molecule has 3 heterocycles. The highest BCUT2D eigenvalue weighted by Gasteiger charge is 2.44. The summed E-state index contributed by atoms with van der Waals surface area (Å²) >= 11 is 0. The number of rotatable bonds is 5. The van der Waals surface area contributed by atoms with Gasteiger partial charge in [0.25, 0.3) is 5.56 Å². The number of hydrogen-bond donors (Lipinski definition) is 2. The fraction of sp³-hybridized carbons (Fsp3) is 0.440. The third-order valence-corrected chi connectivity index (χ3v) is 6.86. The molecule has 0 saturated carbocycles. The number of fused-ring (bicyclic) bond motifs is 1. The third kappa shape index (κ3) is 5.64. The molecule has 210 valence electrons. The van der Waals surface area contributed by atoms with Gasteiger partial charge in [0.2, 0.25) is 5.95 Å². The van der Waals surface area contributed by atoms with E-state index in [1.165, 1.54) is 13.1 Å². The first kappa shape index (κ1) is 28.2. The summed E-state index contributed by atoms with van der Waals surface area (Å²) in [5, 5.41) is 10.7. The van der Waals surface area contributed by atoms with Crippen molar-refractivity contribution in [3.63, 3.8) is 0 Å². The van der Waals surface area contributed by atoms with Crippen LogP contribution in [0.25, 0.3) is 10.9 Å². The van der Waals surface area contributed by atoms with Gasteiger partial charge in [-0.25, -0.2) is 14.8 Å². The van der Waals surface area contributed by atoms with E-state index in [0.29, 0.717) is 38.1 Å². The largest absolute Gasteiger partial charge is 0.476 e. The number of halogens is 6. The van der Waals surface area contributed by atoms with Crippen molar-refractivity contribution < 1.29 is 36.2 Å². The number of aromatic nitrogens is 3. The van der Waals surface area contributed by atoms with Crippen molar-refractivity contribution in [3.05, 3.63) is 57.6 Å². The molecule has 8 nitrogen and oxygen atoms in total. The predicted octanol–water partition coefficient (Wildman–Crippen LogP) is 5.39. The fourth-order valence-corrected chi connectivity index (χ4v) is 4.55. The van der Waals surface area contributed by atoms with E-state index in [-0.39, 0.29) is 11.4 Å². The molecular weight excluding hydrogens is 532 g/mol. The van der Waals surface area contributed by atoms with Crippen LogP contribution in [0.15, 0.2) is 35.3 Å². The standard InChI is InChI=1S/C25H25F6N5O3/c1-23(2)6-9-36(10-7-23)22-34-17-14(11-13(24(26,27)28)12-15(17)20(37)35(22)3)19(25(29,30)31)33-16-5-4-8-32-18(16)21(38)39/h4-5,8,11-12,19,33H,6-7,9-10H2,1-3H3,(H,38,39)/t19-/m0/s1. The van der Waals surface area contributed by atoms with Crippen molar-refractivity contribution in [2.45, 2.75) is 45.1 Å². The molecule has 0 amide bonds. The van der Waals surface area contributed by atoms with Gasteiger partial charge in [0, 0.05) is 31.9 Å². The van der Waals surface area contributed by atoms with Crippen molar-refractivity contribution in [2.24, 2.45) is 12.5 Å². The van der Waals surface area contributed by atoms with Crippen LogP contribution in [0.2, 0.25) is 0 Å². The molecule has 2 N–H and O–H groups in total. The Kier molecular flexibility index (Phi) is 7.02. The Labute approximate surface area is 218 Å². The van der Waals surface area contributed by atoms with E-state index >= 15 is 0 Å². The Morgan fingerprint density at radius 3 is 2.33 bits per heavy atom. The molecule has 1 fully saturated rings. The molecule has 14 heteroatoms. The van der Waals surface area contributed by atoms with E-state index in [0.717, 1.165) is 16.8 Å². The molecule has 1 aliphatic heterocycles. The highest BCUT2D eigenvalue weighted by Crippen LogP contribution is 2.42. The number of nitrogens with zero attached hydrogens (tertiary/aromatic N) is 4. The molecule has 0 spiro atoms. The first-order chi connectivity index (χ1) is 18.0. The van der Waals surface area contributed by atoms with Crippen LogP contribution in [0.3, 0.4) is 0 Å². The summed E-state index contributed by atoms with van der Waals surface area (Å²) in [6, 6.07) is 0.115. The number of benzene rings is 1. The van der Waals surface area contributed by atoms with E-state index in [1.807, 2.05) is 5.32 Å². The molecule has 39 heavy (non-hydrogen) atoms. The monoisotopic (exact) mass is 557 g/mol. The van der Waals surface area contributed by atoms with E-state index < -0.39 is 63.3 Å². The lowest BCUT2D eigenvalue weighted by Gasteiger charge is -2.38. The van der Waals surface area contributed by atoms with Crippen molar-refractivity contribution in [2.75, 3.05) is 23.3 Å². The zero-order valence-electron chi connectivity index (χ0n) is 21.1. The molecule has 0 radical (unpaired) electrons. The number of pyridine rings is 1. The van der Waals surface area contributed by atoms with Gasteiger partial charge >= 0.3 is 18.3 Å². The number of nitrogens with one attached hydrogen (secondary N) is 1. The molecule has 0 unspecified atom stereocenters. The van der Waals surface area contributed by atoms with E-state index in [2.05, 4.69) is 23.8 Å². The molecular formula is C25H25F6N5O3. The van der Waals surface area contributed by atoms with Crippen molar-refractivity contribution in [1.29, 1.82) is 0 Å². The lowest BCUT2D eigenvalue weighted by atomic mass is 9.83. The van der Waals surface area contributed by atoms with Gasteiger partial charge < -0.3 is 15.3 Å². The Hall–Kier alpha value is -3.84. The molecule has 1 saturated heterocycles. The van der Waals surface area contributed by atoms with Gasteiger partial charge in [-0.2, -0.15) is 26.3 Å². The first-order valence-corrected chi connectivity index (χ1v) is 11.9. The Bertz CT molecular complexity index is 1470. The summed E-state index contributed by atoms with van der Waals surface area (Å²) in [4.78, 5) is 34.4. The van der Waals surface area contributed by atoms with Crippen LogP contribution in [0.5, 0.6) is 0 Å². The zero-order valence-corrected chi connectivity index (χ0v) is 21.1. The summed E-state index contributed by atoms with van der Waals surface area (Å²) in [5.74, 6) is -1.62. The van der Waals surface area contributed by atoms with Crippen molar-refractivity contribution >= 4 is 28.5 Å². The average Bonchev–Trinajstić information content (AvgIpc) is 2.83. The molecule has 0 aliphatic carbocycles. The topological polar surface area (TPSA) is 100 Å². The molecule has 3 aromatic rings. The Balaban J connectivity index is 1.99. The maximum absolute atomic E-state index is 14.5. The minimum absolute atomic E-state index is 0.00412. The highest BCUT2D eigenvalue weighted by molar-refractivity contribution is 5.92. The third-order valence-electron chi connectivity index (χ3n) is 6.86. The number of anilines is 2. The summed E-state index contributed by atoms with van der Waals surface area (Å²) in [5.41, 5.74) is -5.29. The Morgan fingerprint density at radius 1 is 1.13 bits per heavy atom. The van der Waals surface area contributed by atoms with E-state index in [9.17, 15) is 41.0 Å². The highest BCUT2D eigenvalue weighted by atomic mass is 19.4. The number of carboxylic acid groups (broad SMARTS) is 1. The van der Waals surface area contributed by atoms with E-state index in [1.54, 1.807) is 4.90 Å². The molecule has 2 aromatic heterocycles. The second kappa shape index (κ2) is 9.72. The fourth-order valence-electron chi connectivity index (χ4n) is 4.55. The van der Waals surface area contributed by atoms with Crippen LogP contribution in [0, 0.1) is 5.41 Å². The van der Waals surface area contributed by atoms with Crippen LogP contribution in [0.1, 0.15) is 54.3 Å². The van der Waals surface area contributed by atoms with Gasteiger partial charge in [-0.3, -0.25) is 9.36 Å². The van der Waals surface area contributed by atoms with E-state index in [4.69, 9.17) is 0 Å². The second-order valence-electron chi connectivity index (χ2n) is 10.2. The molecule has 1 aliphatic rings. The van der Waals surface area contributed by atoms with Crippen LogP contribution >= 0.6 is 0 Å². The van der Waals surface area contributed by atoms with Crippen LogP contribution in [0.4, 0.5) is 38.0 Å². The SMILES string of the molecule is Cn1c(N2CCC(C)(C)CC2)nc2c([C@H](Nc3cccnc3C(=O)O)C(F)(F)F)cc(C(F)(F)F)cc2c1=O. The zero-order chi connectivity index (χ0) is 28.9. The average molecular weight is 557 g/mol. The Morgan fingerprint density at radius 2 is 1.77 bits per heavy atom. The maximum atomic E-state index is 14.5. The van der Waals surface area contributed by atoms with Crippen LogP contribution in [-0.4, -0.2) is 44.9 Å². The maximum Gasteiger partial charge on any atom is 0.416 e. The number of aromatic carboxylic acids is 1. The summed E-state index contributed by atoms with van der Waals surface area (Å²) in [6.07, 6.45) is -7.85. The van der Waals surface area contributed by atoms with Crippen molar-refractivity contribution in [3.8, 4) is 0 Å². The second-order valence-corrected chi connectivity index (χ2v) is 10.2. The van der Waals surface area contributed by atoms with Gasteiger partial charge in [0.1, 0.15) is 0 Å². The minimum atomic E-state index is -5.22. The number of piperidine rings is 1. The smallest absolute Gasteiger partial charge is 0.416 e. The van der Waals surface area contributed by atoms with Gasteiger partial charge in [0.05, 0.1) is 22.2 Å². The number of hydrogen-bond acceptors (Lipinski definition) is 6. The minimum Gasteiger partial charge on any atom is -0.476 e. The van der Waals surface area contributed by atoms with Gasteiger partial charge in [-0.05, 0) is 42.5 Å². The first-order valence-electron chi connectivity index (χ1n) is 11.9. The van der Waals surface area contributed by atoms with Gasteiger partial charge in [-0.1, -0.05) is 13.8 Å². The number of alkyl halides is 6. The summed E-state index contributed by atoms with van der Waals surface area (Å²) < 4.78 is 85.8. The van der Waals surface area contributed by atoms with Crippen molar-refractivity contribution in [1.82, 2.24) is 14.5 Å². The normalized spacial score (nSPS) is 16.8. The molecule has 1 atom stereocenters. The lowest BCUT2D eigenvalue weighted by Crippen LogP contribution is -2.41. The quantitative estimate of drug-likeness (QED) is 0.406. The number of carboxylic acids is 1. The molecule has 4 rings (SSSR count).